The Kier molecular flexibility index (Phi) is 5.41. The molecule has 0 N–H and O–H groups in total. The first-order valence-corrected chi connectivity index (χ1v) is 7.29. The molecule has 0 fully saturated rings. The predicted octanol–water partition coefficient (Wildman–Crippen LogP) is 3.03. The summed E-state index contributed by atoms with van der Waals surface area (Å²) >= 11 is 0. The minimum absolute atomic E-state index is 0.0259. The van der Waals surface area contributed by atoms with Crippen molar-refractivity contribution >= 4 is 17.5 Å². The molecule has 0 saturated carbocycles. The highest BCUT2D eigenvalue weighted by atomic mass is 16.5. The fraction of sp³-hybridized carbons (Fsp3) is 0.211. The predicted molar refractivity (Wildman–Crippen MR) is 86.6 cm³/mol. The highest BCUT2D eigenvalue weighted by Crippen LogP contribution is 2.13. The number of carbonyl (C=O) groups excluding carboxylic acids is 3. The SMILES string of the molecule is COC(=O)c1ccccc1CC(=O)Cc1cccc(C(C)=O)c1. The van der Waals surface area contributed by atoms with Gasteiger partial charge in [-0.15, -0.1) is 0 Å². The van der Waals surface area contributed by atoms with Gasteiger partial charge in [0.05, 0.1) is 12.7 Å². The van der Waals surface area contributed by atoms with E-state index in [2.05, 4.69) is 0 Å². The van der Waals surface area contributed by atoms with Gasteiger partial charge in [0.25, 0.3) is 0 Å². The summed E-state index contributed by atoms with van der Waals surface area (Å²) in [6, 6.07) is 13.9. The monoisotopic (exact) mass is 310 g/mol. The summed E-state index contributed by atoms with van der Waals surface area (Å²) in [6.45, 7) is 1.49. The van der Waals surface area contributed by atoms with Crippen molar-refractivity contribution in [3.8, 4) is 0 Å². The summed E-state index contributed by atoms with van der Waals surface area (Å²) in [6.07, 6.45) is 0.367. The molecule has 2 rings (SSSR count). The Labute approximate surface area is 135 Å². The molecule has 0 aliphatic rings. The molecule has 0 aliphatic carbocycles. The highest BCUT2D eigenvalue weighted by Gasteiger charge is 2.14. The second kappa shape index (κ2) is 7.49. The molecule has 0 aromatic heterocycles. The fourth-order valence-electron chi connectivity index (χ4n) is 2.39. The number of hydrogen-bond acceptors (Lipinski definition) is 4. The number of hydrogen-bond donors (Lipinski definition) is 0. The van der Waals surface area contributed by atoms with Gasteiger partial charge in [-0.3, -0.25) is 9.59 Å². The van der Waals surface area contributed by atoms with E-state index in [0.29, 0.717) is 16.7 Å². The second-order valence-corrected chi connectivity index (χ2v) is 5.30. The van der Waals surface area contributed by atoms with E-state index >= 15 is 0 Å². The number of ether oxygens (including phenoxy) is 1. The minimum Gasteiger partial charge on any atom is -0.465 e. The van der Waals surface area contributed by atoms with E-state index in [-0.39, 0.29) is 24.4 Å². The number of benzene rings is 2. The Hall–Kier alpha value is -2.75. The first-order valence-electron chi connectivity index (χ1n) is 7.29. The van der Waals surface area contributed by atoms with Crippen LogP contribution in [-0.2, 0) is 22.4 Å². The summed E-state index contributed by atoms with van der Waals surface area (Å²) in [7, 11) is 1.31. The zero-order valence-corrected chi connectivity index (χ0v) is 13.2. The Morgan fingerprint density at radius 2 is 1.70 bits per heavy atom. The zero-order chi connectivity index (χ0) is 16.8. The van der Waals surface area contributed by atoms with Gasteiger partial charge in [-0.2, -0.15) is 0 Å². The minimum atomic E-state index is -0.452. The molecule has 4 heteroatoms. The van der Waals surface area contributed by atoms with Crippen molar-refractivity contribution in [1.29, 1.82) is 0 Å². The van der Waals surface area contributed by atoms with E-state index in [9.17, 15) is 14.4 Å². The normalized spacial score (nSPS) is 10.2. The topological polar surface area (TPSA) is 60.4 Å². The van der Waals surface area contributed by atoms with Crippen LogP contribution in [0.25, 0.3) is 0 Å². The van der Waals surface area contributed by atoms with Gasteiger partial charge in [-0.05, 0) is 30.2 Å². The molecule has 0 aliphatic heterocycles. The number of carbonyl (C=O) groups is 3. The van der Waals surface area contributed by atoms with Gasteiger partial charge in [0.2, 0.25) is 0 Å². The molecule has 2 aromatic rings. The third-order valence-corrected chi connectivity index (χ3v) is 3.55. The molecular weight excluding hydrogens is 292 g/mol. The zero-order valence-electron chi connectivity index (χ0n) is 13.2. The molecule has 23 heavy (non-hydrogen) atoms. The first kappa shape index (κ1) is 16.6. The summed E-state index contributed by atoms with van der Waals surface area (Å²) in [5.41, 5.74) is 2.43. The number of ketones is 2. The van der Waals surface area contributed by atoms with Crippen molar-refractivity contribution in [2.75, 3.05) is 7.11 Å². The summed E-state index contributed by atoms with van der Waals surface area (Å²) in [5.74, 6) is -0.510. The van der Waals surface area contributed by atoms with Gasteiger partial charge < -0.3 is 4.74 Å². The summed E-state index contributed by atoms with van der Waals surface area (Å²) < 4.78 is 4.73. The molecule has 0 amide bonds. The average molecular weight is 310 g/mol. The lowest BCUT2D eigenvalue weighted by Gasteiger charge is -2.07. The fourth-order valence-corrected chi connectivity index (χ4v) is 2.39. The third-order valence-electron chi connectivity index (χ3n) is 3.55. The van der Waals surface area contributed by atoms with E-state index < -0.39 is 5.97 Å². The van der Waals surface area contributed by atoms with Crippen LogP contribution in [0.4, 0.5) is 0 Å². The Morgan fingerprint density at radius 1 is 0.957 bits per heavy atom. The van der Waals surface area contributed by atoms with Crippen molar-refractivity contribution in [1.82, 2.24) is 0 Å². The van der Waals surface area contributed by atoms with E-state index in [1.165, 1.54) is 14.0 Å². The lowest BCUT2D eigenvalue weighted by Crippen LogP contribution is -2.12. The first-order chi connectivity index (χ1) is 11.0. The van der Waals surface area contributed by atoms with E-state index in [1.807, 2.05) is 6.07 Å². The molecule has 0 atom stereocenters. The molecule has 0 spiro atoms. The molecule has 0 heterocycles. The Bertz CT molecular complexity index is 747. The van der Waals surface area contributed by atoms with E-state index in [1.54, 1.807) is 42.5 Å². The number of esters is 1. The van der Waals surface area contributed by atoms with Crippen LogP contribution in [0.5, 0.6) is 0 Å². The maximum Gasteiger partial charge on any atom is 0.338 e. The van der Waals surface area contributed by atoms with E-state index in [0.717, 1.165) is 5.56 Å². The second-order valence-electron chi connectivity index (χ2n) is 5.30. The summed E-state index contributed by atoms with van der Waals surface area (Å²) in [4.78, 5) is 35.4. The smallest absolute Gasteiger partial charge is 0.338 e. The maximum atomic E-state index is 12.3. The molecule has 0 radical (unpaired) electrons. The molecule has 2 aromatic carbocycles. The van der Waals surface area contributed by atoms with Crippen LogP contribution in [-0.4, -0.2) is 24.6 Å². The lowest BCUT2D eigenvalue weighted by atomic mass is 9.98. The van der Waals surface area contributed by atoms with Crippen LogP contribution in [0, 0.1) is 0 Å². The third kappa shape index (κ3) is 4.36. The van der Waals surface area contributed by atoms with Crippen molar-refractivity contribution in [3.05, 3.63) is 70.8 Å². The van der Waals surface area contributed by atoms with E-state index in [4.69, 9.17) is 4.74 Å². The molecule has 4 nitrogen and oxygen atoms in total. The summed E-state index contributed by atoms with van der Waals surface area (Å²) in [5, 5.41) is 0. The number of rotatable bonds is 6. The lowest BCUT2D eigenvalue weighted by molar-refractivity contribution is -0.117. The largest absolute Gasteiger partial charge is 0.465 e. The van der Waals surface area contributed by atoms with Gasteiger partial charge in [0.1, 0.15) is 5.78 Å². The van der Waals surface area contributed by atoms with Gasteiger partial charge in [0, 0.05) is 18.4 Å². The van der Waals surface area contributed by atoms with Gasteiger partial charge in [-0.25, -0.2) is 4.79 Å². The van der Waals surface area contributed by atoms with Crippen LogP contribution < -0.4 is 0 Å². The van der Waals surface area contributed by atoms with Gasteiger partial charge in [-0.1, -0.05) is 36.4 Å². The van der Waals surface area contributed by atoms with Crippen LogP contribution in [0.3, 0.4) is 0 Å². The maximum absolute atomic E-state index is 12.3. The van der Waals surface area contributed by atoms with Crippen LogP contribution >= 0.6 is 0 Å². The van der Waals surface area contributed by atoms with Crippen LogP contribution in [0.15, 0.2) is 48.5 Å². The van der Waals surface area contributed by atoms with Crippen LogP contribution in [0.1, 0.15) is 38.8 Å². The van der Waals surface area contributed by atoms with Crippen LogP contribution in [0.2, 0.25) is 0 Å². The van der Waals surface area contributed by atoms with Gasteiger partial charge >= 0.3 is 5.97 Å². The molecule has 0 saturated heterocycles. The highest BCUT2D eigenvalue weighted by molar-refractivity contribution is 5.95. The van der Waals surface area contributed by atoms with Crippen molar-refractivity contribution in [2.45, 2.75) is 19.8 Å². The molecule has 118 valence electrons. The Morgan fingerprint density at radius 3 is 2.39 bits per heavy atom. The molecular formula is C19H18O4. The van der Waals surface area contributed by atoms with Crippen molar-refractivity contribution in [3.63, 3.8) is 0 Å². The van der Waals surface area contributed by atoms with Crippen molar-refractivity contribution < 1.29 is 19.1 Å². The Balaban J connectivity index is 2.13. The quantitative estimate of drug-likeness (QED) is 0.608. The standard InChI is InChI=1S/C19H18O4/c1-13(20)15-8-5-6-14(10-15)11-17(21)12-16-7-3-4-9-18(16)19(22)23-2/h3-10H,11-12H2,1-2H3. The molecule has 0 unspecified atom stereocenters. The molecule has 0 bridgehead atoms. The van der Waals surface area contributed by atoms with Crippen molar-refractivity contribution in [2.24, 2.45) is 0 Å². The number of methoxy groups -OCH3 is 1. The number of Topliss-reactive ketones (excluding diaryl/α,β-unsaturated/α-hetero) is 2. The average Bonchev–Trinajstić information content (AvgIpc) is 2.54. The van der Waals surface area contributed by atoms with Gasteiger partial charge in [0.15, 0.2) is 5.78 Å².